The summed E-state index contributed by atoms with van der Waals surface area (Å²) in [6.07, 6.45) is 6.41. The predicted octanol–water partition coefficient (Wildman–Crippen LogP) is 1.57. The molecule has 5 heteroatoms. The quantitative estimate of drug-likeness (QED) is 0.849. The Morgan fingerprint density at radius 1 is 1.14 bits per heavy atom. The SMILES string of the molecule is COC1=CC=C(OC)C23C1=CC=C(C(C#N)C#N)C2C3O. The average Bonchev–Trinajstić information content (AvgIpc) is 3.13. The minimum absolute atomic E-state index is 0.313. The number of methoxy groups -OCH3 is 2. The summed E-state index contributed by atoms with van der Waals surface area (Å²) in [5.74, 6) is 0.120. The lowest BCUT2D eigenvalue weighted by Crippen LogP contribution is -2.24. The number of hydrogen-bond acceptors (Lipinski definition) is 5. The van der Waals surface area contributed by atoms with Gasteiger partial charge in [-0.05, 0) is 17.7 Å². The highest BCUT2D eigenvalue weighted by Crippen LogP contribution is 2.70. The Morgan fingerprint density at radius 3 is 2.43 bits per heavy atom. The minimum Gasteiger partial charge on any atom is -0.500 e. The highest BCUT2D eigenvalue weighted by Gasteiger charge is 2.73. The van der Waals surface area contributed by atoms with Gasteiger partial charge < -0.3 is 14.6 Å². The first-order valence-electron chi connectivity index (χ1n) is 6.57. The van der Waals surface area contributed by atoms with E-state index in [0.717, 1.165) is 5.57 Å². The van der Waals surface area contributed by atoms with E-state index in [-0.39, 0.29) is 5.92 Å². The second-order valence-electron chi connectivity index (χ2n) is 5.20. The van der Waals surface area contributed by atoms with Crippen molar-refractivity contribution < 1.29 is 14.6 Å². The second-order valence-corrected chi connectivity index (χ2v) is 5.20. The maximum absolute atomic E-state index is 10.5. The first-order chi connectivity index (χ1) is 10.2. The summed E-state index contributed by atoms with van der Waals surface area (Å²) in [6.45, 7) is 0. The van der Waals surface area contributed by atoms with Gasteiger partial charge in [0, 0.05) is 11.5 Å². The van der Waals surface area contributed by atoms with Gasteiger partial charge in [0.05, 0.1) is 37.9 Å². The average molecular weight is 282 g/mol. The Bertz CT molecular complexity index is 688. The first-order valence-corrected chi connectivity index (χ1v) is 6.57. The Kier molecular flexibility index (Phi) is 2.90. The van der Waals surface area contributed by atoms with Crippen LogP contribution < -0.4 is 0 Å². The largest absolute Gasteiger partial charge is 0.500 e. The smallest absolute Gasteiger partial charge is 0.155 e. The fourth-order valence-corrected chi connectivity index (χ4v) is 3.53. The van der Waals surface area contributed by atoms with Crippen LogP contribution in [0.1, 0.15) is 0 Å². The molecule has 0 heterocycles. The summed E-state index contributed by atoms with van der Waals surface area (Å²) < 4.78 is 10.8. The number of ether oxygens (including phenoxy) is 2. The standard InChI is InChI=1S/C16H14N2O3/c1-20-12-5-6-13(21-2)16-11(12)4-3-10(9(7-17)8-18)14(16)15(16)19/h3-6,9,14-15,19H,1-2H3. The summed E-state index contributed by atoms with van der Waals surface area (Å²) >= 11 is 0. The van der Waals surface area contributed by atoms with Crippen LogP contribution in [-0.4, -0.2) is 25.4 Å². The Labute approximate surface area is 122 Å². The van der Waals surface area contributed by atoms with Crippen molar-refractivity contribution in [1.82, 2.24) is 0 Å². The van der Waals surface area contributed by atoms with Gasteiger partial charge in [-0.25, -0.2) is 0 Å². The van der Waals surface area contributed by atoms with Gasteiger partial charge in [0.15, 0.2) is 5.92 Å². The van der Waals surface area contributed by atoms with Crippen LogP contribution in [0.3, 0.4) is 0 Å². The van der Waals surface area contributed by atoms with Crippen LogP contribution in [0.25, 0.3) is 0 Å². The molecule has 3 rings (SSSR count). The van der Waals surface area contributed by atoms with E-state index >= 15 is 0 Å². The van der Waals surface area contributed by atoms with Crippen molar-refractivity contribution in [2.75, 3.05) is 14.2 Å². The molecule has 0 aromatic rings. The zero-order valence-corrected chi connectivity index (χ0v) is 11.7. The minimum atomic E-state index is -0.864. The van der Waals surface area contributed by atoms with Gasteiger partial charge >= 0.3 is 0 Å². The lowest BCUT2D eigenvalue weighted by Gasteiger charge is -2.30. The van der Waals surface area contributed by atoms with E-state index in [0.29, 0.717) is 17.1 Å². The van der Waals surface area contributed by atoms with E-state index in [2.05, 4.69) is 0 Å². The maximum Gasteiger partial charge on any atom is 0.155 e. The number of nitriles is 2. The number of hydrogen-bond donors (Lipinski definition) is 1. The third-order valence-corrected chi connectivity index (χ3v) is 4.50. The van der Waals surface area contributed by atoms with Crippen LogP contribution in [0.2, 0.25) is 0 Å². The third-order valence-electron chi connectivity index (χ3n) is 4.50. The lowest BCUT2D eigenvalue weighted by molar-refractivity contribution is 0.179. The molecular formula is C16H14N2O3. The number of aliphatic hydroxyl groups excluding tert-OH is 1. The van der Waals surface area contributed by atoms with Crippen molar-refractivity contribution in [3.63, 3.8) is 0 Å². The predicted molar refractivity (Wildman–Crippen MR) is 73.0 cm³/mol. The summed E-state index contributed by atoms with van der Waals surface area (Å²) in [5.41, 5.74) is 0.752. The van der Waals surface area contributed by atoms with Crippen molar-refractivity contribution in [1.29, 1.82) is 10.5 Å². The lowest BCUT2D eigenvalue weighted by atomic mass is 9.78. The van der Waals surface area contributed by atoms with E-state index < -0.39 is 17.4 Å². The van der Waals surface area contributed by atoms with Gasteiger partial charge in [-0.2, -0.15) is 10.5 Å². The molecule has 21 heavy (non-hydrogen) atoms. The molecule has 0 amide bonds. The van der Waals surface area contributed by atoms with Crippen molar-refractivity contribution in [2.45, 2.75) is 6.10 Å². The molecule has 1 fully saturated rings. The molecule has 1 saturated carbocycles. The van der Waals surface area contributed by atoms with Crippen molar-refractivity contribution in [3.8, 4) is 12.1 Å². The molecule has 0 saturated heterocycles. The zero-order chi connectivity index (χ0) is 15.2. The van der Waals surface area contributed by atoms with Crippen LogP contribution in [0.5, 0.6) is 0 Å². The Hall–Kier alpha value is -2.50. The van der Waals surface area contributed by atoms with Crippen molar-refractivity contribution in [3.05, 3.63) is 47.0 Å². The Balaban J connectivity index is 2.15. The molecule has 3 atom stereocenters. The summed E-state index contributed by atoms with van der Waals surface area (Å²) in [4.78, 5) is 0. The molecule has 3 unspecified atom stereocenters. The summed E-state index contributed by atoms with van der Waals surface area (Å²) in [5, 5.41) is 28.8. The molecule has 3 aliphatic carbocycles. The molecule has 0 bridgehead atoms. The number of rotatable bonds is 3. The highest BCUT2D eigenvalue weighted by atomic mass is 16.5. The van der Waals surface area contributed by atoms with Crippen molar-refractivity contribution >= 4 is 0 Å². The molecule has 0 aromatic carbocycles. The molecule has 1 N–H and O–H groups in total. The summed E-state index contributed by atoms with van der Waals surface area (Å²) in [6, 6.07) is 3.95. The number of aliphatic hydroxyl groups is 1. The van der Waals surface area contributed by atoms with Crippen LogP contribution in [-0.2, 0) is 9.47 Å². The topological polar surface area (TPSA) is 86.3 Å². The van der Waals surface area contributed by atoms with Crippen LogP contribution in [0.15, 0.2) is 47.0 Å². The summed E-state index contributed by atoms with van der Waals surface area (Å²) in [7, 11) is 3.12. The molecule has 0 aromatic heterocycles. The van der Waals surface area contributed by atoms with E-state index in [1.807, 2.05) is 18.2 Å². The second kappa shape index (κ2) is 4.51. The van der Waals surface area contributed by atoms with E-state index in [4.69, 9.17) is 20.0 Å². The highest BCUT2D eigenvalue weighted by molar-refractivity contribution is 5.61. The fourth-order valence-electron chi connectivity index (χ4n) is 3.53. The zero-order valence-electron chi connectivity index (χ0n) is 11.7. The third kappa shape index (κ3) is 1.47. The van der Waals surface area contributed by atoms with Gasteiger partial charge in [-0.1, -0.05) is 12.2 Å². The molecule has 0 aliphatic heterocycles. The van der Waals surface area contributed by atoms with Gasteiger partial charge in [0.2, 0.25) is 0 Å². The molecule has 106 valence electrons. The van der Waals surface area contributed by atoms with Crippen LogP contribution in [0, 0.1) is 39.9 Å². The number of allylic oxidation sites excluding steroid dienone is 5. The molecule has 5 nitrogen and oxygen atoms in total. The van der Waals surface area contributed by atoms with Gasteiger partial charge in [0.1, 0.15) is 11.5 Å². The van der Waals surface area contributed by atoms with Gasteiger partial charge in [-0.3, -0.25) is 0 Å². The van der Waals surface area contributed by atoms with E-state index in [9.17, 15) is 5.11 Å². The number of nitrogens with zero attached hydrogens (tertiary/aromatic N) is 2. The van der Waals surface area contributed by atoms with Crippen molar-refractivity contribution in [2.24, 2.45) is 17.3 Å². The molecule has 3 aliphatic rings. The molecule has 1 spiro atoms. The molecule has 0 radical (unpaired) electrons. The molecular weight excluding hydrogens is 268 g/mol. The monoisotopic (exact) mass is 282 g/mol. The van der Waals surface area contributed by atoms with E-state index in [1.165, 1.54) is 0 Å². The van der Waals surface area contributed by atoms with Crippen LogP contribution >= 0.6 is 0 Å². The first kappa shape index (κ1) is 13.5. The van der Waals surface area contributed by atoms with Gasteiger partial charge in [0.25, 0.3) is 0 Å². The Morgan fingerprint density at radius 2 is 1.86 bits per heavy atom. The van der Waals surface area contributed by atoms with Gasteiger partial charge in [-0.15, -0.1) is 0 Å². The normalized spacial score (nSPS) is 32.3. The van der Waals surface area contributed by atoms with E-state index in [1.54, 1.807) is 32.4 Å². The maximum atomic E-state index is 10.5. The van der Waals surface area contributed by atoms with Crippen LogP contribution in [0.4, 0.5) is 0 Å². The fraction of sp³-hybridized carbons (Fsp3) is 0.375.